The SMILES string of the molecule is CCCCSN1CC2CCC1C(C)C2. The first-order valence-corrected chi connectivity index (χ1v) is 7.15. The van der Waals surface area contributed by atoms with Gasteiger partial charge in [-0.05, 0) is 37.5 Å². The molecule has 1 saturated carbocycles. The first kappa shape index (κ1) is 10.8. The molecular weight excluding hydrogens is 190 g/mol. The summed E-state index contributed by atoms with van der Waals surface area (Å²) >= 11 is 2.12. The molecule has 3 atom stereocenters. The van der Waals surface area contributed by atoms with Crippen molar-refractivity contribution in [2.45, 2.75) is 52.0 Å². The molecule has 0 amide bonds. The lowest BCUT2D eigenvalue weighted by Gasteiger charge is -2.48. The van der Waals surface area contributed by atoms with Crippen LogP contribution in [0.1, 0.15) is 46.0 Å². The average Bonchev–Trinajstić information content (AvgIpc) is 2.18. The zero-order valence-electron chi connectivity index (χ0n) is 9.54. The number of fused-ring (bicyclic) bond motifs is 3. The number of rotatable bonds is 4. The molecule has 3 unspecified atom stereocenters. The summed E-state index contributed by atoms with van der Waals surface area (Å²) in [5, 5.41) is 0. The second-order valence-corrected chi connectivity index (χ2v) is 6.15. The lowest BCUT2D eigenvalue weighted by molar-refractivity contribution is 0.0781. The third-order valence-electron chi connectivity index (χ3n) is 3.80. The smallest absolute Gasteiger partial charge is 0.0228 e. The van der Waals surface area contributed by atoms with E-state index in [1.54, 1.807) is 0 Å². The second-order valence-electron chi connectivity index (χ2n) is 5.01. The second kappa shape index (κ2) is 4.89. The van der Waals surface area contributed by atoms with Crippen molar-refractivity contribution in [3.63, 3.8) is 0 Å². The minimum atomic E-state index is 0.904. The van der Waals surface area contributed by atoms with Crippen LogP contribution in [-0.4, -0.2) is 22.6 Å². The van der Waals surface area contributed by atoms with Gasteiger partial charge >= 0.3 is 0 Å². The highest BCUT2D eigenvalue weighted by Crippen LogP contribution is 2.41. The van der Waals surface area contributed by atoms with Crippen molar-refractivity contribution in [1.82, 2.24) is 4.31 Å². The van der Waals surface area contributed by atoms with Gasteiger partial charge in [0.15, 0.2) is 0 Å². The largest absolute Gasteiger partial charge is 0.247 e. The molecule has 82 valence electrons. The van der Waals surface area contributed by atoms with Crippen molar-refractivity contribution in [3.8, 4) is 0 Å². The van der Waals surface area contributed by atoms with E-state index in [0.717, 1.165) is 17.9 Å². The van der Waals surface area contributed by atoms with Crippen LogP contribution in [0.4, 0.5) is 0 Å². The van der Waals surface area contributed by atoms with Crippen LogP contribution in [0, 0.1) is 11.8 Å². The van der Waals surface area contributed by atoms with Crippen LogP contribution in [0.25, 0.3) is 0 Å². The Hall–Kier alpha value is 0.310. The van der Waals surface area contributed by atoms with E-state index in [-0.39, 0.29) is 0 Å². The van der Waals surface area contributed by atoms with Gasteiger partial charge in [0.1, 0.15) is 0 Å². The zero-order chi connectivity index (χ0) is 9.97. The standard InChI is InChI=1S/C12H23NS/c1-3-4-7-14-13-9-11-5-6-12(13)10(2)8-11/h10-12H,3-9H2,1-2H3. The van der Waals surface area contributed by atoms with Gasteiger partial charge in [-0.25, -0.2) is 4.31 Å². The summed E-state index contributed by atoms with van der Waals surface area (Å²) in [6.45, 7) is 6.11. The summed E-state index contributed by atoms with van der Waals surface area (Å²) in [6, 6.07) is 0.904. The van der Waals surface area contributed by atoms with Gasteiger partial charge in [-0.2, -0.15) is 0 Å². The van der Waals surface area contributed by atoms with Crippen LogP contribution in [0.15, 0.2) is 0 Å². The van der Waals surface area contributed by atoms with E-state index >= 15 is 0 Å². The van der Waals surface area contributed by atoms with Crippen molar-refractivity contribution in [3.05, 3.63) is 0 Å². The summed E-state index contributed by atoms with van der Waals surface area (Å²) in [7, 11) is 0. The Kier molecular flexibility index (Phi) is 3.78. The number of unbranched alkanes of at least 4 members (excludes halogenated alkanes) is 1. The van der Waals surface area contributed by atoms with E-state index in [1.807, 2.05) is 0 Å². The Morgan fingerprint density at radius 3 is 2.86 bits per heavy atom. The Morgan fingerprint density at radius 1 is 1.36 bits per heavy atom. The van der Waals surface area contributed by atoms with E-state index in [9.17, 15) is 0 Å². The van der Waals surface area contributed by atoms with Gasteiger partial charge in [0.05, 0.1) is 0 Å². The van der Waals surface area contributed by atoms with Crippen LogP contribution in [0.5, 0.6) is 0 Å². The van der Waals surface area contributed by atoms with Crippen LogP contribution < -0.4 is 0 Å². The van der Waals surface area contributed by atoms with Crippen molar-refractivity contribution in [2.75, 3.05) is 12.3 Å². The fourth-order valence-electron chi connectivity index (χ4n) is 2.95. The monoisotopic (exact) mass is 213 g/mol. The number of piperidine rings is 2. The van der Waals surface area contributed by atoms with Gasteiger partial charge in [-0.1, -0.05) is 32.2 Å². The third kappa shape index (κ3) is 2.27. The quantitative estimate of drug-likeness (QED) is 0.519. The molecule has 1 nitrogen and oxygen atoms in total. The van der Waals surface area contributed by atoms with Crippen molar-refractivity contribution in [1.29, 1.82) is 0 Å². The first-order chi connectivity index (χ1) is 6.81. The highest BCUT2D eigenvalue weighted by atomic mass is 32.2. The van der Waals surface area contributed by atoms with Gasteiger partial charge in [-0.3, -0.25) is 0 Å². The molecule has 3 fully saturated rings. The van der Waals surface area contributed by atoms with Crippen LogP contribution in [0.2, 0.25) is 0 Å². The maximum absolute atomic E-state index is 2.71. The average molecular weight is 213 g/mol. The lowest BCUT2D eigenvalue weighted by Crippen LogP contribution is -2.48. The molecule has 2 bridgehead atoms. The molecule has 1 aliphatic carbocycles. The molecule has 0 N–H and O–H groups in total. The fraction of sp³-hybridized carbons (Fsp3) is 1.00. The minimum absolute atomic E-state index is 0.904. The molecule has 3 aliphatic rings. The summed E-state index contributed by atoms with van der Waals surface area (Å²) < 4.78 is 2.71. The van der Waals surface area contributed by atoms with E-state index in [4.69, 9.17) is 0 Å². The minimum Gasteiger partial charge on any atom is -0.247 e. The van der Waals surface area contributed by atoms with Gasteiger partial charge in [0.25, 0.3) is 0 Å². The molecule has 2 heterocycles. The number of nitrogens with zero attached hydrogens (tertiary/aromatic N) is 1. The molecule has 0 aromatic carbocycles. The van der Waals surface area contributed by atoms with Crippen molar-refractivity contribution in [2.24, 2.45) is 11.8 Å². The Labute approximate surface area is 92.8 Å². The predicted molar refractivity (Wildman–Crippen MR) is 64.4 cm³/mol. The number of hydrogen-bond acceptors (Lipinski definition) is 2. The van der Waals surface area contributed by atoms with E-state index < -0.39 is 0 Å². The normalized spacial score (nSPS) is 37.7. The Morgan fingerprint density at radius 2 is 2.21 bits per heavy atom. The molecule has 0 aromatic rings. The topological polar surface area (TPSA) is 3.24 Å². The summed E-state index contributed by atoms with van der Waals surface area (Å²) in [4.78, 5) is 0. The molecule has 2 saturated heterocycles. The highest BCUT2D eigenvalue weighted by Gasteiger charge is 2.38. The molecule has 0 aromatic heterocycles. The highest BCUT2D eigenvalue weighted by molar-refractivity contribution is 7.97. The van der Waals surface area contributed by atoms with Gasteiger partial charge in [0.2, 0.25) is 0 Å². The Bertz CT molecular complexity index is 183. The molecule has 14 heavy (non-hydrogen) atoms. The Balaban J connectivity index is 1.81. The molecule has 2 heteroatoms. The first-order valence-electron chi connectivity index (χ1n) is 6.20. The molecule has 0 radical (unpaired) electrons. The molecule has 3 rings (SSSR count). The lowest BCUT2D eigenvalue weighted by atomic mass is 9.75. The summed E-state index contributed by atoms with van der Waals surface area (Å²) in [5.41, 5.74) is 0. The maximum atomic E-state index is 2.71. The van der Waals surface area contributed by atoms with E-state index in [2.05, 4.69) is 30.1 Å². The summed E-state index contributed by atoms with van der Waals surface area (Å²) in [6.07, 6.45) is 7.18. The van der Waals surface area contributed by atoms with Gasteiger partial charge < -0.3 is 0 Å². The van der Waals surface area contributed by atoms with Gasteiger partial charge in [-0.15, -0.1) is 0 Å². The molecular formula is C12H23NS. The van der Waals surface area contributed by atoms with Gasteiger partial charge in [0, 0.05) is 18.3 Å². The summed E-state index contributed by atoms with van der Waals surface area (Å²) in [5.74, 6) is 3.31. The van der Waals surface area contributed by atoms with Crippen molar-refractivity contribution < 1.29 is 0 Å². The van der Waals surface area contributed by atoms with Crippen LogP contribution in [0.3, 0.4) is 0 Å². The molecule has 0 spiro atoms. The third-order valence-corrected chi connectivity index (χ3v) is 5.02. The predicted octanol–water partition coefficient (Wildman–Crippen LogP) is 3.56. The zero-order valence-corrected chi connectivity index (χ0v) is 10.4. The van der Waals surface area contributed by atoms with E-state index in [0.29, 0.717) is 0 Å². The van der Waals surface area contributed by atoms with E-state index in [1.165, 1.54) is 44.4 Å². The van der Waals surface area contributed by atoms with Crippen LogP contribution >= 0.6 is 11.9 Å². The fourth-order valence-corrected chi connectivity index (χ4v) is 4.42. The number of hydrogen-bond donors (Lipinski definition) is 0. The van der Waals surface area contributed by atoms with Crippen molar-refractivity contribution >= 4 is 11.9 Å². The molecule has 2 aliphatic heterocycles. The van der Waals surface area contributed by atoms with Crippen LogP contribution in [-0.2, 0) is 0 Å². The maximum Gasteiger partial charge on any atom is 0.0228 e.